The molecule has 20 heavy (non-hydrogen) atoms. The van der Waals surface area contributed by atoms with Gasteiger partial charge in [-0.05, 0) is 37.9 Å². The van der Waals surface area contributed by atoms with Crippen molar-refractivity contribution in [2.75, 3.05) is 20.1 Å². The van der Waals surface area contributed by atoms with Crippen LogP contribution in [-0.2, 0) is 17.9 Å². The zero-order chi connectivity index (χ0) is 14.5. The zero-order valence-electron chi connectivity index (χ0n) is 12.5. The van der Waals surface area contributed by atoms with Gasteiger partial charge in [0.1, 0.15) is 0 Å². The number of carbonyl (C=O) groups is 1. The molecule has 0 aliphatic heterocycles. The lowest BCUT2D eigenvalue weighted by molar-refractivity contribution is -0.132. The number of hydrogen-bond donors (Lipinski definition) is 1. The first-order valence-electron chi connectivity index (χ1n) is 7.40. The van der Waals surface area contributed by atoms with Gasteiger partial charge in [-0.2, -0.15) is 0 Å². The molecule has 0 atom stereocenters. The third-order valence-corrected chi connectivity index (χ3v) is 3.77. The third-order valence-electron chi connectivity index (χ3n) is 3.77. The number of benzene rings is 1. The normalized spacial score (nSPS) is 14.6. The molecule has 0 radical (unpaired) electrons. The van der Waals surface area contributed by atoms with Gasteiger partial charge in [0, 0.05) is 25.7 Å². The highest BCUT2D eigenvalue weighted by atomic mass is 16.2. The summed E-state index contributed by atoms with van der Waals surface area (Å²) in [5.74, 6) is 0.246. The first-order valence-corrected chi connectivity index (χ1v) is 7.40. The molecule has 2 N–H and O–H groups in total. The van der Waals surface area contributed by atoms with Crippen LogP contribution >= 0.6 is 0 Å². The van der Waals surface area contributed by atoms with E-state index in [9.17, 15) is 4.79 Å². The van der Waals surface area contributed by atoms with E-state index >= 15 is 0 Å². The smallest absolute Gasteiger partial charge is 0.236 e. The van der Waals surface area contributed by atoms with Crippen LogP contribution < -0.4 is 5.73 Å². The van der Waals surface area contributed by atoms with Gasteiger partial charge in [0.15, 0.2) is 0 Å². The summed E-state index contributed by atoms with van der Waals surface area (Å²) in [4.78, 5) is 16.3. The molecule has 110 valence electrons. The Kier molecular flexibility index (Phi) is 5.15. The SMILES string of the molecule is CCN(C(=O)CN(C)Cc1ccc(CN)cc1)C1CC1. The Hall–Kier alpha value is -1.39. The average molecular weight is 275 g/mol. The summed E-state index contributed by atoms with van der Waals surface area (Å²) in [7, 11) is 2.00. The molecule has 1 aromatic rings. The second-order valence-corrected chi connectivity index (χ2v) is 5.60. The van der Waals surface area contributed by atoms with Crippen molar-refractivity contribution in [1.82, 2.24) is 9.80 Å². The number of rotatable bonds is 7. The van der Waals surface area contributed by atoms with Gasteiger partial charge >= 0.3 is 0 Å². The van der Waals surface area contributed by atoms with Gasteiger partial charge in [-0.15, -0.1) is 0 Å². The number of likely N-dealkylation sites (N-methyl/N-ethyl adjacent to an activating group) is 2. The van der Waals surface area contributed by atoms with Gasteiger partial charge in [-0.25, -0.2) is 0 Å². The molecular formula is C16H25N3O. The van der Waals surface area contributed by atoms with Crippen LogP contribution in [0.3, 0.4) is 0 Å². The van der Waals surface area contributed by atoms with E-state index in [4.69, 9.17) is 5.73 Å². The van der Waals surface area contributed by atoms with Gasteiger partial charge in [-0.1, -0.05) is 24.3 Å². The number of hydrogen-bond acceptors (Lipinski definition) is 3. The van der Waals surface area contributed by atoms with Crippen LogP contribution in [0, 0.1) is 0 Å². The molecule has 0 spiro atoms. The maximum absolute atomic E-state index is 12.2. The summed E-state index contributed by atoms with van der Waals surface area (Å²) in [6, 6.07) is 8.77. The molecular weight excluding hydrogens is 250 g/mol. The Bertz CT molecular complexity index is 440. The van der Waals surface area contributed by atoms with Gasteiger partial charge in [-0.3, -0.25) is 9.69 Å². The highest BCUT2D eigenvalue weighted by molar-refractivity contribution is 5.78. The van der Waals surface area contributed by atoms with Crippen molar-refractivity contribution < 1.29 is 4.79 Å². The van der Waals surface area contributed by atoms with Gasteiger partial charge < -0.3 is 10.6 Å². The summed E-state index contributed by atoms with van der Waals surface area (Å²) in [5.41, 5.74) is 7.94. The maximum atomic E-state index is 12.2. The standard InChI is InChI=1S/C16H25N3O/c1-3-19(15-8-9-15)16(20)12-18(2)11-14-6-4-13(10-17)5-7-14/h4-7,15H,3,8-12,17H2,1-2H3. The van der Waals surface area contributed by atoms with E-state index in [1.165, 1.54) is 18.4 Å². The number of carbonyl (C=O) groups excluding carboxylic acids is 1. The number of nitrogens with two attached hydrogens (primary N) is 1. The Morgan fingerprint density at radius 1 is 1.25 bits per heavy atom. The van der Waals surface area contributed by atoms with Crippen molar-refractivity contribution in [2.24, 2.45) is 5.73 Å². The molecule has 4 heteroatoms. The predicted molar refractivity (Wildman–Crippen MR) is 81.1 cm³/mol. The van der Waals surface area contributed by atoms with Crippen molar-refractivity contribution in [2.45, 2.75) is 38.9 Å². The van der Waals surface area contributed by atoms with E-state index in [2.05, 4.69) is 24.0 Å². The molecule has 4 nitrogen and oxygen atoms in total. The summed E-state index contributed by atoms with van der Waals surface area (Å²) in [6.07, 6.45) is 2.34. The van der Waals surface area contributed by atoms with Crippen molar-refractivity contribution in [3.05, 3.63) is 35.4 Å². The Labute approximate surface area is 121 Å². The molecule has 1 amide bonds. The molecule has 0 aromatic heterocycles. The van der Waals surface area contributed by atoms with Crippen LogP contribution in [0.25, 0.3) is 0 Å². The fourth-order valence-corrected chi connectivity index (χ4v) is 2.49. The molecule has 0 bridgehead atoms. The second kappa shape index (κ2) is 6.86. The lowest BCUT2D eigenvalue weighted by Gasteiger charge is -2.24. The van der Waals surface area contributed by atoms with E-state index in [0.29, 0.717) is 19.1 Å². The first kappa shape index (κ1) is 15.0. The lowest BCUT2D eigenvalue weighted by atomic mass is 10.1. The maximum Gasteiger partial charge on any atom is 0.236 e. The van der Waals surface area contributed by atoms with Gasteiger partial charge in [0.25, 0.3) is 0 Å². The van der Waals surface area contributed by atoms with Crippen LogP contribution in [0.5, 0.6) is 0 Å². The van der Waals surface area contributed by atoms with E-state index in [1.807, 2.05) is 24.1 Å². The second-order valence-electron chi connectivity index (χ2n) is 5.60. The van der Waals surface area contributed by atoms with Gasteiger partial charge in [0.2, 0.25) is 5.91 Å². The summed E-state index contributed by atoms with van der Waals surface area (Å²) < 4.78 is 0. The quantitative estimate of drug-likeness (QED) is 0.822. The fourth-order valence-electron chi connectivity index (χ4n) is 2.49. The fraction of sp³-hybridized carbons (Fsp3) is 0.562. The minimum atomic E-state index is 0.246. The Balaban J connectivity index is 1.84. The van der Waals surface area contributed by atoms with Crippen LogP contribution in [0.2, 0.25) is 0 Å². The summed E-state index contributed by atoms with van der Waals surface area (Å²) in [6.45, 7) is 4.73. The highest BCUT2D eigenvalue weighted by Crippen LogP contribution is 2.26. The van der Waals surface area contributed by atoms with E-state index in [1.54, 1.807) is 0 Å². The molecule has 1 aliphatic rings. The number of amides is 1. The molecule has 2 rings (SSSR count). The van der Waals surface area contributed by atoms with Crippen LogP contribution in [-0.4, -0.2) is 41.9 Å². The third kappa shape index (κ3) is 4.05. The molecule has 0 unspecified atom stereocenters. The van der Waals surface area contributed by atoms with E-state index in [0.717, 1.165) is 18.7 Å². The lowest BCUT2D eigenvalue weighted by Crippen LogP contribution is -2.40. The minimum Gasteiger partial charge on any atom is -0.339 e. The van der Waals surface area contributed by atoms with Crippen LogP contribution in [0.15, 0.2) is 24.3 Å². The Morgan fingerprint density at radius 2 is 1.85 bits per heavy atom. The van der Waals surface area contributed by atoms with Crippen molar-refractivity contribution in [3.63, 3.8) is 0 Å². The van der Waals surface area contributed by atoms with Crippen LogP contribution in [0.4, 0.5) is 0 Å². The van der Waals surface area contributed by atoms with Gasteiger partial charge in [0.05, 0.1) is 6.54 Å². The molecule has 0 saturated heterocycles. The first-order chi connectivity index (χ1) is 9.63. The summed E-state index contributed by atoms with van der Waals surface area (Å²) >= 11 is 0. The van der Waals surface area contributed by atoms with E-state index < -0.39 is 0 Å². The van der Waals surface area contributed by atoms with Crippen LogP contribution in [0.1, 0.15) is 30.9 Å². The Morgan fingerprint density at radius 3 is 2.35 bits per heavy atom. The molecule has 0 heterocycles. The van der Waals surface area contributed by atoms with E-state index in [-0.39, 0.29) is 5.91 Å². The largest absolute Gasteiger partial charge is 0.339 e. The highest BCUT2D eigenvalue weighted by Gasteiger charge is 2.31. The van der Waals surface area contributed by atoms with Crippen molar-refractivity contribution in [1.29, 1.82) is 0 Å². The topological polar surface area (TPSA) is 49.6 Å². The van der Waals surface area contributed by atoms with Crippen molar-refractivity contribution >= 4 is 5.91 Å². The zero-order valence-corrected chi connectivity index (χ0v) is 12.5. The molecule has 1 fully saturated rings. The molecule has 1 aromatic carbocycles. The summed E-state index contributed by atoms with van der Waals surface area (Å²) in [5, 5.41) is 0. The molecule has 1 saturated carbocycles. The van der Waals surface area contributed by atoms with Crippen molar-refractivity contribution in [3.8, 4) is 0 Å². The molecule has 1 aliphatic carbocycles. The monoisotopic (exact) mass is 275 g/mol. The average Bonchev–Trinajstić information content (AvgIpc) is 3.25. The number of nitrogens with zero attached hydrogens (tertiary/aromatic N) is 2. The predicted octanol–water partition coefficient (Wildman–Crippen LogP) is 1.59. The minimum absolute atomic E-state index is 0.246.